The minimum atomic E-state index is -0.290. The molecule has 1 N–H and O–H groups in total. The predicted octanol–water partition coefficient (Wildman–Crippen LogP) is 4.36. The van der Waals surface area contributed by atoms with Crippen molar-refractivity contribution in [2.45, 2.75) is 19.9 Å². The zero-order chi connectivity index (χ0) is 20.9. The average molecular weight is 400 g/mol. The molecule has 8 nitrogen and oxygen atoms in total. The Kier molecular flexibility index (Phi) is 5.47. The summed E-state index contributed by atoms with van der Waals surface area (Å²) in [6.07, 6.45) is 4.94. The first-order chi connectivity index (χ1) is 14.6. The maximum atomic E-state index is 12.7. The minimum Gasteiger partial charge on any atom is -0.456 e. The van der Waals surface area contributed by atoms with Gasteiger partial charge in [-0.05, 0) is 56.3 Å². The van der Waals surface area contributed by atoms with Gasteiger partial charge in [0, 0.05) is 17.8 Å². The zero-order valence-electron chi connectivity index (χ0n) is 16.6. The topological polar surface area (TPSA) is 94.8 Å². The highest BCUT2D eigenvalue weighted by molar-refractivity contribution is 6.04. The Balaban J connectivity index is 1.52. The van der Waals surface area contributed by atoms with E-state index in [4.69, 9.17) is 4.74 Å². The number of ether oxygens (including phenoxy) is 1. The summed E-state index contributed by atoms with van der Waals surface area (Å²) in [5.41, 5.74) is 1.08. The standard InChI is InChI=1S/C22H20N6O2/c1-15(2)28-14-24-27-21(28)19-9-4-10-20(25-19)26-22(29)16-6-3-7-17(12-16)30-18-8-5-11-23-13-18/h3-15H,1-2H3,(H,25,26,29). The third-order valence-corrected chi connectivity index (χ3v) is 4.32. The van der Waals surface area contributed by atoms with E-state index in [2.05, 4.69) is 25.5 Å². The number of hydrogen-bond acceptors (Lipinski definition) is 6. The maximum absolute atomic E-state index is 12.7. The average Bonchev–Trinajstić information content (AvgIpc) is 3.25. The molecular weight excluding hydrogens is 380 g/mol. The van der Waals surface area contributed by atoms with Gasteiger partial charge < -0.3 is 14.6 Å². The lowest BCUT2D eigenvalue weighted by atomic mass is 10.2. The van der Waals surface area contributed by atoms with Crippen LogP contribution in [0.2, 0.25) is 0 Å². The van der Waals surface area contributed by atoms with E-state index in [1.54, 1.807) is 61.2 Å². The number of amides is 1. The van der Waals surface area contributed by atoms with Gasteiger partial charge in [-0.1, -0.05) is 12.1 Å². The lowest BCUT2D eigenvalue weighted by Crippen LogP contribution is -2.13. The van der Waals surface area contributed by atoms with Gasteiger partial charge in [-0.3, -0.25) is 9.78 Å². The highest BCUT2D eigenvalue weighted by atomic mass is 16.5. The maximum Gasteiger partial charge on any atom is 0.256 e. The highest BCUT2D eigenvalue weighted by Crippen LogP contribution is 2.23. The van der Waals surface area contributed by atoms with Gasteiger partial charge in [0.2, 0.25) is 0 Å². The zero-order valence-corrected chi connectivity index (χ0v) is 16.6. The Hall–Kier alpha value is -4.07. The summed E-state index contributed by atoms with van der Waals surface area (Å²) in [5.74, 6) is 1.92. The van der Waals surface area contributed by atoms with Crippen LogP contribution in [0.1, 0.15) is 30.2 Å². The number of hydrogen-bond donors (Lipinski definition) is 1. The monoisotopic (exact) mass is 400 g/mol. The van der Waals surface area contributed by atoms with E-state index in [0.29, 0.717) is 34.4 Å². The summed E-state index contributed by atoms with van der Waals surface area (Å²) in [5, 5.41) is 10.9. The molecule has 0 aliphatic carbocycles. The summed E-state index contributed by atoms with van der Waals surface area (Å²) < 4.78 is 7.67. The summed E-state index contributed by atoms with van der Waals surface area (Å²) in [7, 11) is 0. The number of pyridine rings is 2. The van der Waals surface area contributed by atoms with Gasteiger partial charge >= 0.3 is 0 Å². The van der Waals surface area contributed by atoms with Crippen molar-refractivity contribution in [1.82, 2.24) is 24.7 Å². The number of carbonyl (C=O) groups excluding carboxylic acids is 1. The first-order valence-corrected chi connectivity index (χ1v) is 9.46. The van der Waals surface area contributed by atoms with Crippen LogP contribution in [0, 0.1) is 0 Å². The van der Waals surface area contributed by atoms with Crippen LogP contribution in [0.25, 0.3) is 11.5 Å². The van der Waals surface area contributed by atoms with Crippen molar-refractivity contribution in [2.75, 3.05) is 5.32 Å². The fourth-order valence-electron chi connectivity index (χ4n) is 2.87. The summed E-state index contributed by atoms with van der Waals surface area (Å²) in [4.78, 5) is 21.3. The summed E-state index contributed by atoms with van der Waals surface area (Å²) in [6, 6.07) is 16.1. The van der Waals surface area contributed by atoms with Crippen LogP contribution in [0.4, 0.5) is 5.82 Å². The van der Waals surface area contributed by atoms with Gasteiger partial charge in [-0.2, -0.15) is 0 Å². The van der Waals surface area contributed by atoms with Crippen molar-refractivity contribution >= 4 is 11.7 Å². The van der Waals surface area contributed by atoms with Crippen LogP contribution in [-0.2, 0) is 0 Å². The van der Waals surface area contributed by atoms with Crippen molar-refractivity contribution in [3.8, 4) is 23.0 Å². The molecule has 0 atom stereocenters. The van der Waals surface area contributed by atoms with Gasteiger partial charge in [0.25, 0.3) is 5.91 Å². The van der Waals surface area contributed by atoms with E-state index < -0.39 is 0 Å². The number of benzene rings is 1. The van der Waals surface area contributed by atoms with Gasteiger partial charge in [-0.15, -0.1) is 10.2 Å². The van der Waals surface area contributed by atoms with E-state index in [1.807, 2.05) is 30.5 Å². The largest absolute Gasteiger partial charge is 0.456 e. The lowest BCUT2D eigenvalue weighted by molar-refractivity contribution is 0.102. The molecule has 4 aromatic rings. The second-order valence-corrected chi connectivity index (χ2v) is 6.84. The highest BCUT2D eigenvalue weighted by Gasteiger charge is 2.13. The SMILES string of the molecule is CC(C)n1cnnc1-c1cccc(NC(=O)c2cccc(Oc3cccnc3)c2)n1. The normalized spacial score (nSPS) is 10.8. The number of nitrogens with zero attached hydrogens (tertiary/aromatic N) is 5. The van der Waals surface area contributed by atoms with Crippen molar-refractivity contribution in [3.05, 3.63) is 78.9 Å². The summed E-state index contributed by atoms with van der Waals surface area (Å²) in [6.45, 7) is 4.08. The molecule has 0 spiro atoms. The number of anilines is 1. The Morgan fingerprint density at radius 3 is 2.70 bits per heavy atom. The third kappa shape index (κ3) is 4.33. The molecule has 0 radical (unpaired) electrons. The molecule has 0 saturated carbocycles. The van der Waals surface area contributed by atoms with E-state index >= 15 is 0 Å². The molecule has 3 heterocycles. The van der Waals surface area contributed by atoms with Crippen LogP contribution in [-0.4, -0.2) is 30.6 Å². The quantitative estimate of drug-likeness (QED) is 0.517. The van der Waals surface area contributed by atoms with Crippen molar-refractivity contribution in [1.29, 1.82) is 0 Å². The smallest absolute Gasteiger partial charge is 0.256 e. The lowest BCUT2D eigenvalue weighted by Gasteiger charge is -2.11. The van der Waals surface area contributed by atoms with Crippen molar-refractivity contribution < 1.29 is 9.53 Å². The molecule has 0 bridgehead atoms. The Bertz CT molecular complexity index is 1160. The molecule has 4 rings (SSSR count). The molecule has 150 valence electrons. The van der Waals surface area contributed by atoms with Gasteiger partial charge in [0.1, 0.15) is 29.3 Å². The molecule has 0 aliphatic rings. The molecule has 30 heavy (non-hydrogen) atoms. The summed E-state index contributed by atoms with van der Waals surface area (Å²) >= 11 is 0. The molecule has 0 unspecified atom stereocenters. The molecule has 1 amide bonds. The molecule has 0 fully saturated rings. The van der Waals surface area contributed by atoms with Crippen molar-refractivity contribution in [3.63, 3.8) is 0 Å². The first kappa shape index (κ1) is 19.3. The van der Waals surface area contributed by atoms with E-state index in [-0.39, 0.29) is 11.9 Å². The van der Waals surface area contributed by atoms with Crippen LogP contribution in [0.3, 0.4) is 0 Å². The molecule has 0 saturated heterocycles. The van der Waals surface area contributed by atoms with Crippen LogP contribution >= 0.6 is 0 Å². The predicted molar refractivity (Wildman–Crippen MR) is 112 cm³/mol. The molecular formula is C22H20N6O2. The molecule has 3 aromatic heterocycles. The fraction of sp³-hybridized carbons (Fsp3) is 0.136. The Morgan fingerprint density at radius 2 is 1.90 bits per heavy atom. The Morgan fingerprint density at radius 1 is 1.07 bits per heavy atom. The van der Waals surface area contributed by atoms with Crippen LogP contribution in [0.15, 0.2) is 73.3 Å². The third-order valence-electron chi connectivity index (χ3n) is 4.32. The van der Waals surface area contributed by atoms with Gasteiger partial charge in [-0.25, -0.2) is 4.98 Å². The van der Waals surface area contributed by atoms with Crippen LogP contribution < -0.4 is 10.1 Å². The second kappa shape index (κ2) is 8.52. The number of rotatable bonds is 6. The van der Waals surface area contributed by atoms with E-state index in [1.165, 1.54) is 0 Å². The molecule has 8 heteroatoms. The van der Waals surface area contributed by atoms with Crippen LogP contribution in [0.5, 0.6) is 11.5 Å². The molecule has 0 aliphatic heterocycles. The van der Waals surface area contributed by atoms with E-state index in [0.717, 1.165) is 0 Å². The first-order valence-electron chi connectivity index (χ1n) is 9.46. The van der Waals surface area contributed by atoms with Gasteiger partial charge in [0.15, 0.2) is 5.82 Å². The number of carbonyl (C=O) groups is 1. The van der Waals surface area contributed by atoms with Gasteiger partial charge in [0.05, 0.1) is 6.20 Å². The fourth-order valence-corrected chi connectivity index (χ4v) is 2.87. The number of aromatic nitrogens is 5. The second-order valence-electron chi connectivity index (χ2n) is 6.84. The minimum absolute atomic E-state index is 0.192. The van der Waals surface area contributed by atoms with Crippen molar-refractivity contribution in [2.24, 2.45) is 0 Å². The Labute approximate surface area is 173 Å². The number of nitrogens with one attached hydrogen (secondary N) is 1. The van der Waals surface area contributed by atoms with E-state index in [9.17, 15) is 4.79 Å². The molecule has 1 aromatic carbocycles.